The summed E-state index contributed by atoms with van der Waals surface area (Å²) in [7, 11) is 0. The van der Waals surface area contributed by atoms with Gasteiger partial charge in [0.25, 0.3) is 5.91 Å². The average Bonchev–Trinajstić information content (AvgIpc) is 3.35. The molecule has 1 fully saturated rings. The highest BCUT2D eigenvalue weighted by molar-refractivity contribution is 6.03. The number of hydrogen-bond donors (Lipinski definition) is 3. The van der Waals surface area contributed by atoms with E-state index in [1.165, 1.54) is 12.8 Å². The van der Waals surface area contributed by atoms with Gasteiger partial charge >= 0.3 is 6.18 Å². The van der Waals surface area contributed by atoms with Crippen LogP contribution in [0.25, 0.3) is 5.69 Å². The van der Waals surface area contributed by atoms with Crippen molar-refractivity contribution in [1.29, 1.82) is 0 Å². The summed E-state index contributed by atoms with van der Waals surface area (Å²) in [6.07, 6.45) is 3.85. The second-order valence-electron chi connectivity index (χ2n) is 9.50. The highest BCUT2D eigenvalue weighted by Crippen LogP contribution is 2.39. The third-order valence-corrected chi connectivity index (χ3v) is 6.76. The van der Waals surface area contributed by atoms with Crippen LogP contribution in [0.15, 0.2) is 73.1 Å². The maximum absolute atomic E-state index is 13.5. The number of halogens is 3. The van der Waals surface area contributed by atoms with E-state index in [1.807, 2.05) is 30.6 Å². The Morgan fingerprint density at radius 1 is 1.11 bits per heavy atom. The highest BCUT2D eigenvalue weighted by Gasteiger charge is 2.36. The number of H-pyrrole nitrogens is 1. The van der Waals surface area contributed by atoms with Gasteiger partial charge in [0.05, 0.1) is 5.69 Å². The van der Waals surface area contributed by atoms with E-state index in [0.717, 1.165) is 40.6 Å². The molecule has 4 aromatic rings. The molecule has 9 heteroatoms. The van der Waals surface area contributed by atoms with E-state index in [1.54, 1.807) is 30.3 Å². The number of hydrogen-bond acceptors (Lipinski definition) is 3. The molecular weight excluding hydrogens is 479 g/mol. The van der Waals surface area contributed by atoms with E-state index in [2.05, 4.69) is 21.5 Å². The molecular formula is C28H28F3N5O. The van der Waals surface area contributed by atoms with Crippen LogP contribution in [0.4, 0.5) is 18.9 Å². The molecule has 0 aliphatic heterocycles. The maximum atomic E-state index is 13.5. The molecule has 4 N–H and O–H groups in total. The van der Waals surface area contributed by atoms with Crippen molar-refractivity contribution in [1.82, 2.24) is 14.8 Å². The summed E-state index contributed by atoms with van der Waals surface area (Å²) in [5, 5.41) is 6.48. The van der Waals surface area contributed by atoms with Gasteiger partial charge in [0, 0.05) is 36.6 Å². The van der Waals surface area contributed by atoms with Crippen molar-refractivity contribution in [3.8, 4) is 5.69 Å². The molecule has 1 atom stereocenters. The van der Waals surface area contributed by atoms with Gasteiger partial charge in [0.2, 0.25) is 0 Å². The number of aromatic nitrogens is 3. The maximum Gasteiger partial charge on any atom is 0.435 e. The van der Waals surface area contributed by atoms with Gasteiger partial charge in [-0.25, -0.2) is 4.68 Å². The fraction of sp³-hybridized carbons (Fsp3) is 0.286. The fourth-order valence-electron chi connectivity index (χ4n) is 4.61. The SMILES string of the molecule is NCc1cccc(-n2nc(C(F)(F)F)cc2C(=O)Nc2cccc(C(CCC3CC3)c3cc[nH]c3)c2)c1. The molecule has 0 spiro atoms. The lowest BCUT2D eigenvalue weighted by atomic mass is 9.88. The van der Waals surface area contributed by atoms with Crippen molar-refractivity contribution in [3.05, 3.63) is 101 Å². The number of rotatable bonds is 9. The van der Waals surface area contributed by atoms with Crippen molar-refractivity contribution in [2.45, 2.75) is 44.3 Å². The van der Waals surface area contributed by atoms with Crippen LogP contribution in [0.2, 0.25) is 0 Å². The number of nitrogens with zero attached hydrogens (tertiary/aromatic N) is 2. The zero-order valence-corrected chi connectivity index (χ0v) is 20.1. The van der Waals surface area contributed by atoms with Gasteiger partial charge in [-0.2, -0.15) is 18.3 Å². The van der Waals surface area contributed by atoms with E-state index in [9.17, 15) is 18.0 Å². The molecule has 2 aromatic heterocycles. The van der Waals surface area contributed by atoms with Crippen LogP contribution in [0.5, 0.6) is 0 Å². The zero-order valence-electron chi connectivity index (χ0n) is 20.1. The van der Waals surface area contributed by atoms with Crippen LogP contribution in [-0.2, 0) is 12.7 Å². The largest absolute Gasteiger partial charge is 0.435 e. The Bertz CT molecular complexity index is 1370. The van der Waals surface area contributed by atoms with Crippen molar-refractivity contribution < 1.29 is 18.0 Å². The number of anilines is 1. The number of benzene rings is 2. The van der Waals surface area contributed by atoms with Gasteiger partial charge in [-0.05, 0) is 65.8 Å². The van der Waals surface area contributed by atoms with Gasteiger partial charge < -0.3 is 16.0 Å². The summed E-state index contributed by atoms with van der Waals surface area (Å²) in [6, 6.07) is 16.9. The first-order valence-electron chi connectivity index (χ1n) is 12.3. The molecule has 1 unspecified atom stereocenters. The van der Waals surface area contributed by atoms with Crippen LogP contribution < -0.4 is 11.1 Å². The number of carbonyl (C=O) groups excluding carboxylic acids is 1. The summed E-state index contributed by atoms with van der Waals surface area (Å²) in [6.45, 7) is 0.207. The van der Waals surface area contributed by atoms with Gasteiger partial charge in [-0.15, -0.1) is 0 Å². The van der Waals surface area contributed by atoms with Crippen molar-refractivity contribution >= 4 is 11.6 Å². The van der Waals surface area contributed by atoms with Crippen LogP contribution in [-0.4, -0.2) is 20.7 Å². The minimum Gasteiger partial charge on any atom is -0.367 e. The topological polar surface area (TPSA) is 88.7 Å². The van der Waals surface area contributed by atoms with Crippen molar-refractivity contribution in [2.75, 3.05) is 5.32 Å². The average molecular weight is 508 g/mol. The Balaban J connectivity index is 1.44. The molecule has 5 rings (SSSR count). The van der Waals surface area contributed by atoms with Gasteiger partial charge in [0.1, 0.15) is 5.69 Å². The van der Waals surface area contributed by atoms with Gasteiger partial charge in [-0.3, -0.25) is 4.79 Å². The summed E-state index contributed by atoms with van der Waals surface area (Å²) in [4.78, 5) is 16.4. The molecule has 0 radical (unpaired) electrons. The molecule has 2 heterocycles. The second-order valence-corrected chi connectivity index (χ2v) is 9.50. The number of carbonyl (C=O) groups is 1. The van der Waals surface area contributed by atoms with Crippen molar-refractivity contribution in [2.24, 2.45) is 11.7 Å². The van der Waals surface area contributed by atoms with Crippen molar-refractivity contribution in [3.63, 3.8) is 0 Å². The predicted octanol–water partition coefficient (Wildman–Crippen LogP) is 6.25. The summed E-state index contributed by atoms with van der Waals surface area (Å²) >= 11 is 0. The third-order valence-electron chi connectivity index (χ3n) is 6.76. The first kappa shape index (κ1) is 24.8. The lowest BCUT2D eigenvalue weighted by Gasteiger charge is -2.18. The molecule has 6 nitrogen and oxygen atoms in total. The van der Waals surface area contributed by atoms with E-state index in [-0.39, 0.29) is 18.2 Å². The molecule has 1 saturated carbocycles. The second kappa shape index (κ2) is 10.3. The molecule has 1 aliphatic carbocycles. The molecule has 0 saturated heterocycles. The third kappa shape index (κ3) is 5.77. The first-order valence-corrected chi connectivity index (χ1v) is 12.3. The number of nitrogens with two attached hydrogens (primary N) is 1. The fourth-order valence-corrected chi connectivity index (χ4v) is 4.61. The highest BCUT2D eigenvalue weighted by atomic mass is 19.4. The zero-order chi connectivity index (χ0) is 26.0. The Labute approximate surface area is 212 Å². The lowest BCUT2D eigenvalue weighted by Crippen LogP contribution is -2.17. The summed E-state index contributed by atoms with van der Waals surface area (Å²) in [5.74, 6) is 0.254. The Morgan fingerprint density at radius 2 is 1.92 bits per heavy atom. The minimum absolute atomic E-state index is 0.157. The van der Waals surface area contributed by atoms with Crippen LogP contribution >= 0.6 is 0 Å². The Morgan fingerprint density at radius 3 is 2.62 bits per heavy atom. The van der Waals surface area contributed by atoms with Crippen LogP contribution in [0, 0.1) is 5.92 Å². The number of aromatic amines is 1. The summed E-state index contributed by atoms with van der Waals surface area (Å²) < 4.78 is 41.6. The number of alkyl halides is 3. The smallest absolute Gasteiger partial charge is 0.367 e. The monoisotopic (exact) mass is 507 g/mol. The number of nitrogens with one attached hydrogen (secondary N) is 2. The van der Waals surface area contributed by atoms with E-state index in [4.69, 9.17) is 5.73 Å². The molecule has 192 valence electrons. The molecule has 2 aromatic carbocycles. The van der Waals surface area contributed by atoms with Gasteiger partial charge in [-0.1, -0.05) is 37.1 Å². The molecule has 1 amide bonds. The van der Waals surface area contributed by atoms with Gasteiger partial charge in [0.15, 0.2) is 5.69 Å². The Kier molecular flexibility index (Phi) is 6.88. The molecule has 37 heavy (non-hydrogen) atoms. The molecule has 1 aliphatic rings. The quantitative estimate of drug-likeness (QED) is 0.250. The normalized spacial score (nSPS) is 14.5. The van der Waals surface area contributed by atoms with E-state index < -0.39 is 17.8 Å². The lowest BCUT2D eigenvalue weighted by molar-refractivity contribution is -0.141. The van der Waals surface area contributed by atoms with Crippen LogP contribution in [0.3, 0.4) is 0 Å². The summed E-state index contributed by atoms with van der Waals surface area (Å²) in [5.41, 5.74) is 8.08. The standard InChI is InChI=1S/C28H28F3N5O/c29-28(30,31)26-15-25(36(35-26)23-6-1-3-19(13-23)16-32)27(37)34-22-5-2-4-20(14-22)24(10-9-18-7-8-18)21-11-12-33-17-21/h1-6,11-15,17-18,24,33H,7-10,16,32H2,(H,34,37). The Hall–Kier alpha value is -3.85. The van der Waals surface area contributed by atoms with Crippen LogP contribution in [0.1, 0.15) is 64.5 Å². The first-order chi connectivity index (χ1) is 17.8. The minimum atomic E-state index is -4.70. The van der Waals surface area contributed by atoms with E-state index in [0.29, 0.717) is 16.9 Å². The molecule has 0 bridgehead atoms. The van der Waals surface area contributed by atoms with E-state index >= 15 is 0 Å². The number of amides is 1. The predicted molar refractivity (Wildman–Crippen MR) is 135 cm³/mol.